The number of ether oxygens (including phenoxy) is 1. The third kappa shape index (κ3) is 4.16. The molecule has 0 bridgehead atoms. The molecule has 16 heavy (non-hydrogen) atoms. The lowest BCUT2D eigenvalue weighted by molar-refractivity contribution is -0.149. The molecule has 2 unspecified atom stereocenters. The molecule has 1 aliphatic rings. The maximum absolute atomic E-state index is 11.1. The first-order valence-corrected chi connectivity index (χ1v) is 5.49. The third-order valence-corrected chi connectivity index (χ3v) is 2.41. The van der Waals surface area contributed by atoms with Crippen molar-refractivity contribution in [1.29, 1.82) is 0 Å². The zero-order valence-corrected chi connectivity index (χ0v) is 9.36. The van der Waals surface area contributed by atoms with Gasteiger partial charge in [0, 0.05) is 13.1 Å². The Morgan fingerprint density at radius 1 is 1.44 bits per heavy atom. The second-order valence-corrected chi connectivity index (χ2v) is 3.75. The summed E-state index contributed by atoms with van der Waals surface area (Å²) < 4.78 is 5.27. The van der Waals surface area contributed by atoms with E-state index in [4.69, 9.17) is 9.84 Å². The highest BCUT2D eigenvalue weighted by Crippen LogP contribution is 2.18. The van der Waals surface area contributed by atoms with E-state index in [-0.39, 0.29) is 18.6 Å². The van der Waals surface area contributed by atoms with E-state index in [0.717, 1.165) is 6.42 Å². The molecule has 1 saturated heterocycles. The van der Waals surface area contributed by atoms with Crippen LogP contribution >= 0.6 is 0 Å². The molecule has 0 saturated carbocycles. The van der Waals surface area contributed by atoms with E-state index in [1.165, 1.54) is 0 Å². The van der Waals surface area contributed by atoms with E-state index in [2.05, 4.69) is 10.6 Å². The van der Waals surface area contributed by atoms with Crippen LogP contribution in [-0.4, -0.2) is 48.8 Å². The molecular formula is C10H18N2O4. The molecular weight excluding hydrogens is 212 g/mol. The molecule has 1 rings (SSSR count). The lowest BCUT2D eigenvalue weighted by Crippen LogP contribution is -2.37. The van der Waals surface area contributed by atoms with Crippen LogP contribution in [0.3, 0.4) is 0 Å². The Labute approximate surface area is 94.3 Å². The van der Waals surface area contributed by atoms with Crippen molar-refractivity contribution in [2.24, 2.45) is 0 Å². The van der Waals surface area contributed by atoms with Crippen LogP contribution in [0.5, 0.6) is 0 Å². The lowest BCUT2D eigenvalue weighted by atomic mass is 10.2. The maximum Gasteiger partial charge on any atom is 0.332 e. The summed E-state index contributed by atoms with van der Waals surface area (Å²) in [5, 5.41) is 14.3. The Balaban J connectivity index is 2.11. The van der Waals surface area contributed by atoms with E-state index < -0.39 is 12.1 Å². The fourth-order valence-electron chi connectivity index (χ4n) is 1.64. The van der Waals surface area contributed by atoms with Crippen LogP contribution in [0, 0.1) is 0 Å². The molecule has 0 aliphatic carbocycles. The molecule has 0 aromatic carbocycles. The molecule has 1 aliphatic heterocycles. The third-order valence-electron chi connectivity index (χ3n) is 2.41. The first kappa shape index (κ1) is 12.9. The number of carbonyl (C=O) groups excluding carboxylic acids is 1. The number of hydrogen-bond acceptors (Lipinski definition) is 4. The second kappa shape index (κ2) is 6.44. The minimum absolute atomic E-state index is 0.0599. The number of amides is 1. The zero-order chi connectivity index (χ0) is 12.0. The summed E-state index contributed by atoms with van der Waals surface area (Å²) >= 11 is 0. The molecule has 1 amide bonds. The minimum Gasteiger partial charge on any atom is -0.479 e. The smallest absolute Gasteiger partial charge is 0.332 e. The van der Waals surface area contributed by atoms with E-state index >= 15 is 0 Å². The van der Waals surface area contributed by atoms with Crippen LogP contribution < -0.4 is 10.6 Å². The summed E-state index contributed by atoms with van der Waals surface area (Å²) in [6, 6.07) is 0. The van der Waals surface area contributed by atoms with Crippen LogP contribution in [0.2, 0.25) is 0 Å². The first-order chi connectivity index (χ1) is 7.63. The van der Waals surface area contributed by atoms with Gasteiger partial charge in [-0.1, -0.05) is 0 Å². The number of carboxylic acids is 1. The molecule has 1 fully saturated rings. The van der Waals surface area contributed by atoms with Gasteiger partial charge in [0.05, 0.1) is 12.6 Å². The highest BCUT2D eigenvalue weighted by molar-refractivity contribution is 5.77. The van der Waals surface area contributed by atoms with Crippen molar-refractivity contribution in [1.82, 2.24) is 10.6 Å². The SMILES string of the molecule is CCNC(=O)CNCC1CCC(C(=O)O)O1. The molecule has 6 nitrogen and oxygen atoms in total. The van der Waals surface area contributed by atoms with Crippen LogP contribution in [0.1, 0.15) is 19.8 Å². The summed E-state index contributed by atoms with van der Waals surface area (Å²) in [6.45, 7) is 3.23. The van der Waals surface area contributed by atoms with E-state index in [1.54, 1.807) is 0 Å². The van der Waals surface area contributed by atoms with Crippen molar-refractivity contribution >= 4 is 11.9 Å². The standard InChI is InChI=1S/C10H18N2O4/c1-2-12-9(13)6-11-5-7-3-4-8(16-7)10(14)15/h7-8,11H,2-6H2,1H3,(H,12,13)(H,14,15). The van der Waals surface area contributed by atoms with Crippen LogP contribution in [0.25, 0.3) is 0 Å². The van der Waals surface area contributed by atoms with Gasteiger partial charge in [-0.15, -0.1) is 0 Å². The van der Waals surface area contributed by atoms with Crippen molar-refractivity contribution in [3.05, 3.63) is 0 Å². The number of nitrogens with one attached hydrogen (secondary N) is 2. The van der Waals surface area contributed by atoms with Gasteiger partial charge in [-0.2, -0.15) is 0 Å². The molecule has 92 valence electrons. The molecule has 6 heteroatoms. The summed E-state index contributed by atoms with van der Waals surface area (Å²) in [4.78, 5) is 21.7. The van der Waals surface area contributed by atoms with E-state index in [0.29, 0.717) is 19.5 Å². The highest BCUT2D eigenvalue weighted by Gasteiger charge is 2.29. The molecule has 1 heterocycles. The van der Waals surface area contributed by atoms with Gasteiger partial charge in [0.15, 0.2) is 6.10 Å². The monoisotopic (exact) mass is 230 g/mol. The molecule has 0 spiro atoms. The molecule has 0 radical (unpaired) electrons. The number of carbonyl (C=O) groups is 2. The number of rotatable bonds is 6. The molecule has 2 atom stereocenters. The summed E-state index contributed by atoms with van der Waals surface area (Å²) in [6.07, 6.45) is 0.481. The Kier molecular flexibility index (Phi) is 5.21. The number of aliphatic carboxylic acids is 1. The van der Waals surface area contributed by atoms with Gasteiger partial charge >= 0.3 is 5.97 Å². The van der Waals surface area contributed by atoms with Gasteiger partial charge in [-0.05, 0) is 19.8 Å². The quantitative estimate of drug-likeness (QED) is 0.564. The average Bonchev–Trinajstić information content (AvgIpc) is 2.67. The van der Waals surface area contributed by atoms with Crippen molar-refractivity contribution in [2.75, 3.05) is 19.6 Å². The molecule has 0 aromatic rings. The number of hydrogen-bond donors (Lipinski definition) is 3. The van der Waals surface area contributed by atoms with Gasteiger partial charge in [0.1, 0.15) is 0 Å². The Hall–Kier alpha value is -1.14. The maximum atomic E-state index is 11.1. The van der Waals surface area contributed by atoms with Gasteiger partial charge in [-0.25, -0.2) is 4.79 Å². The molecule has 3 N–H and O–H groups in total. The second-order valence-electron chi connectivity index (χ2n) is 3.75. The first-order valence-electron chi connectivity index (χ1n) is 5.49. The number of carboxylic acid groups (broad SMARTS) is 1. The predicted molar refractivity (Wildman–Crippen MR) is 57.1 cm³/mol. The zero-order valence-electron chi connectivity index (χ0n) is 9.36. The Morgan fingerprint density at radius 3 is 2.75 bits per heavy atom. The largest absolute Gasteiger partial charge is 0.479 e. The van der Waals surface area contributed by atoms with Crippen LogP contribution in [0.4, 0.5) is 0 Å². The minimum atomic E-state index is -0.911. The fourth-order valence-corrected chi connectivity index (χ4v) is 1.64. The highest BCUT2D eigenvalue weighted by atomic mass is 16.5. The van der Waals surface area contributed by atoms with Crippen molar-refractivity contribution < 1.29 is 19.4 Å². The van der Waals surface area contributed by atoms with Gasteiger partial charge < -0.3 is 20.5 Å². The number of likely N-dealkylation sites (N-methyl/N-ethyl adjacent to an activating group) is 1. The topological polar surface area (TPSA) is 87.7 Å². The summed E-state index contributed by atoms with van der Waals surface area (Å²) in [5.74, 6) is -0.971. The Morgan fingerprint density at radius 2 is 2.19 bits per heavy atom. The summed E-state index contributed by atoms with van der Waals surface area (Å²) in [5.41, 5.74) is 0. The van der Waals surface area contributed by atoms with E-state index in [9.17, 15) is 9.59 Å². The lowest BCUT2D eigenvalue weighted by Gasteiger charge is -2.11. The van der Waals surface area contributed by atoms with Crippen molar-refractivity contribution in [2.45, 2.75) is 32.0 Å². The van der Waals surface area contributed by atoms with Crippen molar-refractivity contribution in [3.63, 3.8) is 0 Å². The van der Waals surface area contributed by atoms with E-state index in [1.807, 2.05) is 6.92 Å². The predicted octanol–water partition coefficient (Wildman–Crippen LogP) is -0.656. The van der Waals surface area contributed by atoms with Gasteiger partial charge in [0.25, 0.3) is 0 Å². The van der Waals surface area contributed by atoms with Crippen molar-refractivity contribution in [3.8, 4) is 0 Å². The average molecular weight is 230 g/mol. The van der Waals surface area contributed by atoms with Gasteiger partial charge in [0.2, 0.25) is 5.91 Å². The Bertz CT molecular complexity index is 257. The summed E-state index contributed by atoms with van der Waals surface area (Å²) in [7, 11) is 0. The van der Waals surface area contributed by atoms with Crippen LogP contribution in [0.15, 0.2) is 0 Å². The van der Waals surface area contributed by atoms with Crippen LogP contribution in [-0.2, 0) is 14.3 Å². The van der Waals surface area contributed by atoms with Gasteiger partial charge in [-0.3, -0.25) is 4.79 Å². The normalized spacial score (nSPS) is 24.3. The fraction of sp³-hybridized carbons (Fsp3) is 0.800. The molecule has 0 aromatic heterocycles.